The molecule has 2 heteroatoms. The van der Waals surface area contributed by atoms with Gasteiger partial charge in [-0.2, -0.15) is 0 Å². The van der Waals surface area contributed by atoms with E-state index >= 15 is 0 Å². The molecule has 0 unspecified atom stereocenters. The standard InChI is InChI=1S/C46H36N2/c1-4-7-16-34(5-2)17-14-32-48-44(30-29-36-19-9-8-18-35(36)6-3)46-42-23-12-10-21-40(42)45(41-22-11-13-24-43(41)46)38-27-25-37(26-28-38)39-20-15-31-47-33-39/h4-33H,1-3H2/b16-7-,30-29+,32-14+,34-17+,48-44+. The van der Waals surface area contributed by atoms with Crippen LogP contribution in [0.2, 0.25) is 0 Å². The van der Waals surface area contributed by atoms with Crippen LogP contribution in [0.25, 0.3) is 56.0 Å². The van der Waals surface area contributed by atoms with Gasteiger partial charge in [-0.15, -0.1) is 0 Å². The van der Waals surface area contributed by atoms with E-state index in [1.807, 2.05) is 67.1 Å². The van der Waals surface area contributed by atoms with Crippen molar-refractivity contribution < 1.29 is 0 Å². The van der Waals surface area contributed by atoms with E-state index in [9.17, 15) is 0 Å². The SMILES string of the molecule is C=C\C=C/C(C=C)=C/C=C/N=C(\C=C\c1ccccc1C=C)c1c2ccccc2c(-c2ccc(-c3cccnc3)cc2)c2ccccc12. The van der Waals surface area contributed by atoms with E-state index in [1.54, 1.807) is 12.3 Å². The van der Waals surface area contributed by atoms with Gasteiger partial charge in [0, 0.05) is 24.2 Å². The van der Waals surface area contributed by atoms with E-state index in [0.29, 0.717) is 0 Å². The summed E-state index contributed by atoms with van der Waals surface area (Å²) in [6, 6.07) is 38.3. The van der Waals surface area contributed by atoms with Gasteiger partial charge in [0.15, 0.2) is 0 Å². The number of allylic oxidation sites excluding steroid dienone is 8. The Hall–Kier alpha value is -6.38. The molecular formula is C46H36N2. The van der Waals surface area contributed by atoms with Gasteiger partial charge in [-0.05, 0) is 78.7 Å². The number of nitrogens with zero attached hydrogens (tertiary/aromatic N) is 2. The zero-order valence-corrected chi connectivity index (χ0v) is 26.8. The van der Waals surface area contributed by atoms with Gasteiger partial charge in [0.2, 0.25) is 0 Å². The van der Waals surface area contributed by atoms with Gasteiger partial charge in [0.05, 0.1) is 5.71 Å². The second kappa shape index (κ2) is 15.3. The van der Waals surface area contributed by atoms with Gasteiger partial charge in [-0.1, -0.05) is 165 Å². The van der Waals surface area contributed by atoms with E-state index in [-0.39, 0.29) is 0 Å². The Labute approximate surface area is 283 Å². The van der Waals surface area contributed by atoms with Gasteiger partial charge < -0.3 is 0 Å². The molecular weight excluding hydrogens is 581 g/mol. The quantitative estimate of drug-likeness (QED) is 0.0807. The molecule has 0 atom stereocenters. The molecule has 1 aromatic heterocycles. The van der Waals surface area contributed by atoms with Crippen molar-refractivity contribution in [1.82, 2.24) is 4.98 Å². The molecule has 6 rings (SSSR count). The van der Waals surface area contributed by atoms with E-state index in [1.165, 1.54) is 16.3 Å². The highest BCUT2D eigenvalue weighted by molar-refractivity contribution is 6.29. The molecule has 5 aromatic carbocycles. The lowest BCUT2D eigenvalue weighted by Crippen LogP contribution is -2.01. The summed E-state index contributed by atoms with van der Waals surface area (Å²) in [6.07, 6.45) is 23.0. The summed E-state index contributed by atoms with van der Waals surface area (Å²) in [6.45, 7) is 11.7. The zero-order chi connectivity index (χ0) is 33.1. The molecule has 0 spiro atoms. The lowest BCUT2D eigenvalue weighted by Gasteiger charge is -2.18. The number of pyridine rings is 1. The van der Waals surface area contributed by atoms with E-state index < -0.39 is 0 Å². The van der Waals surface area contributed by atoms with Crippen molar-refractivity contribution in [2.24, 2.45) is 4.99 Å². The third-order valence-corrected chi connectivity index (χ3v) is 8.24. The number of hydrogen-bond donors (Lipinski definition) is 0. The van der Waals surface area contributed by atoms with E-state index in [4.69, 9.17) is 4.99 Å². The molecule has 1 heterocycles. The first-order valence-electron chi connectivity index (χ1n) is 15.9. The topological polar surface area (TPSA) is 25.2 Å². The van der Waals surface area contributed by atoms with Crippen molar-refractivity contribution in [3.8, 4) is 22.3 Å². The van der Waals surface area contributed by atoms with Gasteiger partial charge in [-0.25, -0.2) is 0 Å². The highest BCUT2D eigenvalue weighted by atomic mass is 14.7. The van der Waals surface area contributed by atoms with Crippen molar-refractivity contribution in [2.45, 2.75) is 0 Å². The summed E-state index contributed by atoms with van der Waals surface area (Å²) in [4.78, 5) is 9.40. The minimum atomic E-state index is 0.853. The molecule has 0 fully saturated rings. The summed E-state index contributed by atoms with van der Waals surface area (Å²) >= 11 is 0. The lowest BCUT2D eigenvalue weighted by atomic mass is 9.86. The minimum absolute atomic E-state index is 0.853. The summed E-state index contributed by atoms with van der Waals surface area (Å²) in [5.41, 5.74) is 9.63. The molecule has 0 saturated heterocycles. The van der Waals surface area contributed by atoms with E-state index in [0.717, 1.165) is 55.4 Å². The van der Waals surface area contributed by atoms with Crippen LogP contribution in [0.5, 0.6) is 0 Å². The third-order valence-electron chi connectivity index (χ3n) is 8.24. The Balaban J connectivity index is 1.56. The molecule has 6 aromatic rings. The number of aliphatic imine (C=N–C) groups is 1. The summed E-state index contributed by atoms with van der Waals surface area (Å²) in [7, 11) is 0. The molecule has 0 aliphatic carbocycles. The van der Waals surface area contributed by atoms with Crippen molar-refractivity contribution in [1.29, 1.82) is 0 Å². The van der Waals surface area contributed by atoms with Gasteiger partial charge in [-0.3, -0.25) is 9.98 Å². The van der Waals surface area contributed by atoms with Crippen molar-refractivity contribution in [3.63, 3.8) is 0 Å². The molecule has 0 bridgehead atoms. The summed E-state index contributed by atoms with van der Waals surface area (Å²) in [5.74, 6) is 0. The van der Waals surface area contributed by atoms with Crippen LogP contribution >= 0.6 is 0 Å². The van der Waals surface area contributed by atoms with Crippen molar-refractivity contribution in [3.05, 3.63) is 212 Å². The smallest absolute Gasteiger partial charge is 0.0714 e. The van der Waals surface area contributed by atoms with Crippen LogP contribution in [-0.4, -0.2) is 10.7 Å². The first kappa shape index (κ1) is 31.6. The number of aromatic nitrogens is 1. The molecule has 0 radical (unpaired) electrons. The van der Waals surface area contributed by atoms with Crippen LogP contribution in [0, 0.1) is 0 Å². The lowest BCUT2D eigenvalue weighted by molar-refractivity contribution is 1.33. The highest BCUT2D eigenvalue weighted by Crippen LogP contribution is 2.40. The molecule has 2 nitrogen and oxygen atoms in total. The first-order chi connectivity index (χ1) is 23.7. The number of rotatable bonds is 11. The predicted molar refractivity (Wildman–Crippen MR) is 209 cm³/mol. The molecule has 0 aliphatic heterocycles. The van der Waals surface area contributed by atoms with Crippen LogP contribution in [0.3, 0.4) is 0 Å². The van der Waals surface area contributed by atoms with E-state index in [2.05, 4.69) is 128 Å². The predicted octanol–water partition coefficient (Wildman–Crippen LogP) is 12.2. The van der Waals surface area contributed by atoms with Crippen molar-refractivity contribution >= 4 is 39.4 Å². The fourth-order valence-corrected chi connectivity index (χ4v) is 5.93. The first-order valence-corrected chi connectivity index (χ1v) is 15.9. The summed E-state index contributed by atoms with van der Waals surface area (Å²) < 4.78 is 0. The second-order valence-electron chi connectivity index (χ2n) is 11.1. The minimum Gasteiger partial charge on any atom is -0.264 e. The average Bonchev–Trinajstić information content (AvgIpc) is 3.15. The Bertz CT molecular complexity index is 2200. The van der Waals surface area contributed by atoms with Crippen molar-refractivity contribution in [2.75, 3.05) is 0 Å². The molecule has 0 N–H and O–H groups in total. The monoisotopic (exact) mass is 616 g/mol. The Morgan fingerprint density at radius 3 is 1.88 bits per heavy atom. The maximum absolute atomic E-state index is 5.09. The van der Waals surface area contributed by atoms with Gasteiger partial charge in [0.25, 0.3) is 0 Å². The van der Waals surface area contributed by atoms with Crippen LogP contribution in [0.1, 0.15) is 16.7 Å². The molecule has 0 amide bonds. The number of fused-ring (bicyclic) bond motifs is 2. The Morgan fingerprint density at radius 2 is 1.25 bits per heavy atom. The van der Waals surface area contributed by atoms with Crippen LogP contribution in [0.15, 0.2) is 201 Å². The highest BCUT2D eigenvalue weighted by Gasteiger charge is 2.17. The maximum atomic E-state index is 5.09. The van der Waals surface area contributed by atoms with Crippen LogP contribution in [-0.2, 0) is 0 Å². The molecule has 0 aliphatic rings. The Kier molecular flexibility index (Phi) is 10.1. The molecule has 48 heavy (non-hydrogen) atoms. The fraction of sp³-hybridized carbons (Fsp3) is 0. The molecule has 230 valence electrons. The number of hydrogen-bond acceptors (Lipinski definition) is 2. The van der Waals surface area contributed by atoms with Gasteiger partial charge in [0.1, 0.15) is 0 Å². The van der Waals surface area contributed by atoms with Crippen LogP contribution in [0.4, 0.5) is 0 Å². The summed E-state index contributed by atoms with van der Waals surface area (Å²) in [5, 5.41) is 4.60. The second-order valence-corrected chi connectivity index (χ2v) is 11.1. The zero-order valence-electron chi connectivity index (χ0n) is 26.8. The Morgan fingerprint density at radius 1 is 0.604 bits per heavy atom. The normalized spacial score (nSPS) is 12.4. The molecule has 0 saturated carbocycles. The largest absolute Gasteiger partial charge is 0.264 e. The van der Waals surface area contributed by atoms with Gasteiger partial charge >= 0.3 is 0 Å². The average molecular weight is 617 g/mol. The van der Waals surface area contributed by atoms with Crippen LogP contribution < -0.4 is 0 Å². The maximum Gasteiger partial charge on any atom is 0.0714 e. The third kappa shape index (κ3) is 6.89. The fourth-order valence-electron chi connectivity index (χ4n) is 5.93. The number of benzene rings is 5.